The van der Waals surface area contributed by atoms with Gasteiger partial charge in [0.25, 0.3) is 11.8 Å². The summed E-state index contributed by atoms with van der Waals surface area (Å²) in [5.74, 6) is -2.19. The van der Waals surface area contributed by atoms with Crippen molar-refractivity contribution >= 4 is 30.3 Å². The van der Waals surface area contributed by atoms with Crippen molar-refractivity contribution in [3.63, 3.8) is 0 Å². The second-order valence-corrected chi connectivity index (χ2v) is 8.17. The number of carboxylic acids is 1. The van der Waals surface area contributed by atoms with Gasteiger partial charge in [-0.15, -0.1) is 0 Å². The lowest BCUT2D eigenvalue weighted by molar-refractivity contribution is -0.119. The molecule has 0 aliphatic rings. The molecule has 0 aromatic heterocycles. The number of hydrogen-bond acceptors (Lipinski definition) is 5. The zero-order valence-corrected chi connectivity index (χ0v) is 21.2. The summed E-state index contributed by atoms with van der Waals surface area (Å²) in [5.41, 5.74) is 1.87. The van der Waals surface area contributed by atoms with Crippen molar-refractivity contribution in [2.75, 3.05) is 7.05 Å². The Bertz CT molecular complexity index is 1270. The molecular weight excluding hydrogens is 477 g/mol. The van der Waals surface area contributed by atoms with Gasteiger partial charge in [0.2, 0.25) is 0 Å². The average molecular weight is 508 g/mol. The highest BCUT2D eigenvalue weighted by Crippen LogP contribution is 2.17. The fourth-order valence-corrected chi connectivity index (χ4v) is 3.28. The number of carbonyl (C=O) groups excluding carboxylic acids is 2. The first-order chi connectivity index (χ1) is 17.5. The normalized spacial score (nSPS) is 12.4. The van der Waals surface area contributed by atoms with E-state index in [0.29, 0.717) is 22.5 Å². The first-order valence-electron chi connectivity index (χ1n) is 11.3. The van der Waals surface area contributed by atoms with Crippen LogP contribution in [-0.2, 0) is 16.1 Å². The van der Waals surface area contributed by atoms with Gasteiger partial charge >= 0.3 is 5.97 Å². The summed E-state index contributed by atoms with van der Waals surface area (Å²) in [5, 5.41) is 19.6. The number of hydrazone groups is 1. The van der Waals surface area contributed by atoms with Crippen molar-refractivity contribution in [2.45, 2.75) is 33.4 Å². The quantitative estimate of drug-likeness (QED) is 0.149. The van der Waals surface area contributed by atoms with E-state index < -0.39 is 23.8 Å². The lowest BCUT2D eigenvalue weighted by Gasteiger charge is -2.23. The predicted molar refractivity (Wildman–Crippen MR) is 141 cm³/mol. The molecular formula is C27H30FN5O4. The lowest BCUT2D eigenvalue weighted by atomic mass is 10.1. The second-order valence-electron chi connectivity index (χ2n) is 8.17. The molecule has 37 heavy (non-hydrogen) atoms. The molecule has 0 bridgehead atoms. The molecule has 0 fully saturated rings. The molecule has 9 nitrogen and oxygen atoms in total. The molecule has 1 atom stereocenters. The van der Waals surface area contributed by atoms with Gasteiger partial charge in [-0.05, 0) is 61.7 Å². The van der Waals surface area contributed by atoms with Crippen LogP contribution in [0.2, 0.25) is 0 Å². The average Bonchev–Trinajstić information content (AvgIpc) is 2.88. The fourth-order valence-electron chi connectivity index (χ4n) is 3.28. The third-order valence-electron chi connectivity index (χ3n) is 5.52. The van der Waals surface area contributed by atoms with Crippen LogP contribution in [0.25, 0.3) is 0 Å². The first-order valence-corrected chi connectivity index (χ1v) is 11.3. The smallest absolute Gasteiger partial charge is 0.335 e. The second kappa shape index (κ2) is 12.9. The number of amides is 2. The highest BCUT2D eigenvalue weighted by Gasteiger charge is 2.23. The molecule has 2 aromatic carbocycles. The number of hydrogen-bond donors (Lipinski definition) is 3. The molecule has 2 aromatic rings. The van der Waals surface area contributed by atoms with E-state index in [2.05, 4.69) is 34.0 Å². The number of aryl methyl sites for hydroxylation is 1. The zero-order valence-electron chi connectivity index (χ0n) is 21.2. The third-order valence-corrected chi connectivity index (χ3v) is 5.52. The number of nitrogens with one attached hydrogen (secondary N) is 2. The number of amidine groups is 1. The molecule has 1 unspecified atom stereocenters. The summed E-state index contributed by atoms with van der Waals surface area (Å²) in [4.78, 5) is 41.1. The van der Waals surface area contributed by atoms with Gasteiger partial charge in [0.1, 0.15) is 17.3 Å². The van der Waals surface area contributed by atoms with E-state index in [1.807, 2.05) is 0 Å². The number of aromatic carboxylic acids is 1. The Morgan fingerprint density at radius 2 is 1.81 bits per heavy atom. The van der Waals surface area contributed by atoms with Crippen LogP contribution >= 0.6 is 0 Å². The maximum Gasteiger partial charge on any atom is 0.335 e. The van der Waals surface area contributed by atoms with E-state index in [9.17, 15) is 18.8 Å². The third kappa shape index (κ3) is 7.69. The predicted octanol–water partition coefficient (Wildman–Crippen LogP) is 3.73. The summed E-state index contributed by atoms with van der Waals surface area (Å²) < 4.78 is 13.5. The summed E-state index contributed by atoms with van der Waals surface area (Å²) in [6.07, 6.45) is 1.27. The van der Waals surface area contributed by atoms with Gasteiger partial charge in [0.05, 0.1) is 11.6 Å². The zero-order chi connectivity index (χ0) is 27.7. The van der Waals surface area contributed by atoms with E-state index in [1.54, 1.807) is 45.0 Å². The van der Waals surface area contributed by atoms with Crippen molar-refractivity contribution in [1.82, 2.24) is 15.6 Å². The van der Waals surface area contributed by atoms with Crippen molar-refractivity contribution in [3.8, 4) is 0 Å². The molecule has 10 heteroatoms. The molecule has 2 rings (SSSR count). The van der Waals surface area contributed by atoms with Crippen molar-refractivity contribution in [1.29, 1.82) is 0 Å². The molecule has 0 aliphatic carbocycles. The van der Waals surface area contributed by atoms with Gasteiger partial charge in [-0.2, -0.15) is 5.10 Å². The van der Waals surface area contributed by atoms with Gasteiger partial charge in [-0.3, -0.25) is 14.6 Å². The van der Waals surface area contributed by atoms with E-state index in [-0.39, 0.29) is 29.2 Å². The van der Waals surface area contributed by atoms with E-state index >= 15 is 0 Å². The summed E-state index contributed by atoms with van der Waals surface area (Å²) in [7, 11) is 1.52. The van der Waals surface area contributed by atoms with Gasteiger partial charge in [0, 0.05) is 25.9 Å². The number of halogens is 1. The molecule has 0 radical (unpaired) electrons. The summed E-state index contributed by atoms with van der Waals surface area (Å²) >= 11 is 0. The summed E-state index contributed by atoms with van der Waals surface area (Å²) in [6, 6.07) is 10.1. The van der Waals surface area contributed by atoms with E-state index in [0.717, 1.165) is 0 Å². The van der Waals surface area contributed by atoms with Gasteiger partial charge in [-0.1, -0.05) is 30.8 Å². The monoisotopic (exact) mass is 507 g/mol. The summed E-state index contributed by atoms with van der Waals surface area (Å²) in [6.45, 7) is 12.4. The Morgan fingerprint density at radius 1 is 1.16 bits per heavy atom. The van der Waals surface area contributed by atoms with Crippen LogP contribution in [0.15, 0.2) is 76.5 Å². The lowest BCUT2D eigenvalue weighted by Crippen LogP contribution is -2.36. The van der Waals surface area contributed by atoms with Crippen LogP contribution in [0.1, 0.15) is 46.9 Å². The van der Waals surface area contributed by atoms with Gasteiger partial charge in [-0.25, -0.2) is 14.2 Å². The molecule has 3 N–H and O–H groups in total. The van der Waals surface area contributed by atoms with E-state index in [1.165, 1.54) is 36.3 Å². The van der Waals surface area contributed by atoms with Crippen LogP contribution in [0.4, 0.5) is 4.39 Å². The van der Waals surface area contributed by atoms with Crippen LogP contribution in [0, 0.1) is 12.7 Å². The molecule has 0 saturated carbocycles. The Balaban J connectivity index is 2.25. The van der Waals surface area contributed by atoms with Crippen LogP contribution in [-0.4, -0.2) is 47.5 Å². The van der Waals surface area contributed by atoms with Crippen molar-refractivity contribution < 1.29 is 23.9 Å². The van der Waals surface area contributed by atoms with Gasteiger partial charge in [0.15, 0.2) is 0 Å². The number of carbonyl (C=O) groups is 3. The number of benzene rings is 2. The number of aliphatic imine (C=N–C) groups is 1. The molecule has 194 valence electrons. The van der Waals surface area contributed by atoms with Crippen molar-refractivity contribution in [3.05, 3.63) is 94.5 Å². The molecule has 0 heterocycles. The topological polar surface area (TPSA) is 123 Å². The fraction of sp³-hybridized carbons (Fsp3) is 0.222. The maximum absolute atomic E-state index is 13.5. The van der Waals surface area contributed by atoms with Crippen molar-refractivity contribution in [2.24, 2.45) is 10.1 Å². The SMILES string of the molecule is C=NN(C(C)=NC)/C(=C\C(=C)C(=O)NCc1ccc(F)c(C)c1)C(=O)NC(C)c1ccc(C(=O)O)cc1. The number of nitrogens with zero attached hydrogens (tertiary/aromatic N) is 3. The number of carboxylic acid groups (broad SMARTS) is 1. The number of rotatable bonds is 10. The molecule has 0 aliphatic heterocycles. The van der Waals surface area contributed by atoms with Crippen LogP contribution in [0.3, 0.4) is 0 Å². The highest BCUT2D eigenvalue weighted by molar-refractivity contribution is 6.02. The Morgan fingerprint density at radius 3 is 2.35 bits per heavy atom. The minimum Gasteiger partial charge on any atom is -0.478 e. The van der Waals surface area contributed by atoms with E-state index in [4.69, 9.17) is 5.11 Å². The Hall–Kier alpha value is -4.60. The first kappa shape index (κ1) is 28.6. The van der Waals surface area contributed by atoms with Crippen LogP contribution < -0.4 is 10.6 Å². The Labute approximate surface area is 215 Å². The molecule has 0 spiro atoms. The molecule has 0 saturated heterocycles. The van der Waals surface area contributed by atoms with Gasteiger partial charge < -0.3 is 15.7 Å². The standard InChI is InChI=1S/C27H30FN5O4/c1-16-13-20(7-12-23(16)28)15-31-25(34)17(2)14-24(33(30-6)19(4)29-5)26(35)32-18(3)21-8-10-22(11-9-21)27(36)37/h7-14,18H,2,6,15H2,1,3-5H3,(H,31,34)(H,32,35)(H,36,37)/b24-14-,29-19?. The van der Waals surface area contributed by atoms with Crippen LogP contribution in [0.5, 0.6) is 0 Å². The largest absolute Gasteiger partial charge is 0.478 e. The molecule has 2 amide bonds. The Kier molecular flexibility index (Phi) is 10.00. The minimum absolute atomic E-state index is 0.0278. The minimum atomic E-state index is -1.05. The highest BCUT2D eigenvalue weighted by atomic mass is 19.1. The maximum atomic E-state index is 13.5.